The van der Waals surface area contributed by atoms with E-state index in [1.165, 1.54) is 25.7 Å². The molecule has 0 bridgehead atoms. The highest BCUT2D eigenvalue weighted by atomic mass is 16.5. The van der Waals surface area contributed by atoms with Crippen molar-refractivity contribution in [2.45, 2.75) is 64.6 Å². The predicted octanol–water partition coefficient (Wildman–Crippen LogP) is 3.63. The second kappa shape index (κ2) is 9.85. The van der Waals surface area contributed by atoms with Gasteiger partial charge in [-0.05, 0) is 31.9 Å². The molecule has 1 fully saturated rings. The molecule has 1 saturated heterocycles. The van der Waals surface area contributed by atoms with Gasteiger partial charge < -0.3 is 18.9 Å². The number of imidazole rings is 1. The number of rotatable bonds is 11. The molecule has 0 spiro atoms. The van der Waals surface area contributed by atoms with Gasteiger partial charge in [0.15, 0.2) is 11.5 Å². The highest BCUT2D eigenvalue weighted by Crippen LogP contribution is 2.41. The molecule has 166 valence electrons. The second-order valence-corrected chi connectivity index (χ2v) is 8.09. The average molecular weight is 426 g/mol. The van der Waals surface area contributed by atoms with Crippen LogP contribution in [0.15, 0.2) is 35.8 Å². The van der Waals surface area contributed by atoms with E-state index in [9.17, 15) is 4.79 Å². The molecule has 1 aromatic heterocycles. The number of hydrogen-bond donors (Lipinski definition) is 1. The van der Waals surface area contributed by atoms with Gasteiger partial charge >= 0.3 is 0 Å². The Kier molecular flexibility index (Phi) is 6.74. The van der Waals surface area contributed by atoms with Crippen molar-refractivity contribution in [2.24, 2.45) is 4.99 Å². The third kappa shape index (κ3) is 4.84. The molecule has 1 unspecified atom stereocenters. The fraction of sp³-hybridized carbons (Fsp3) is 0.522. The summed E-state index contributed by atoms with van der Waals surface area (Å²) < 4.78 is 13.8. The lowest BCUT2D eigenvalue weighted by molar-refractivity contribution is -0.121. The van der Waals surface area contributed by atoms with Crippen LogP contribution < -0.4 is 14.8 Å². The van der Waals surface area contributed by atoms with E-state index in [0.717, 1.165) is 36.4 Å². The number of amides is 1. The number of hydrogen-bond acceptors (Lipinski definition) is 6. The molecule has 0 aliphatic carbocycles. The Bertz CT molecular complexity index is 926. The number of nitrogens with zero attached hydrogens (tertiary/aromatic N) is 4. The molecule has 2 aromatic rings. The second-order valence-electron chi connectivity index (χ2n) is 8.09. The standard InChI is InChI=1S/C23H31N5O3/c1-17-22(29)26-23-25-19-9-10-20(21(30-2)18(19)15-28(17)23)31-14-8-6-4-3-5-7-12-27-13-11-24-16-27/h9-11,13,16-17H,3-8,12,14-15H2,1-2H3,(H,25,26,29). The van der Waals surface area contributed by atoms with Crippen molar-refractivity contribution in [1.82, 2.24) is 19.8 Å². The molecule has 1 N–H and O–H groups in total. The molecule has 1 amide bonds. The zero-order valence-corrected chi connectivity index (χ0v) is 18.3. The number of nitrogens with one attached hydrogen (secondary N) is 1. The number of unbranched alkanes of at least 4 members (excludes halogenated alkanes) is 5. The third-order valence-corrected chi connectivity index (χ3v) is 5.94. The molecule has 0 saturated carbocycles. The number of carbonyl (C=O) groups is 1. The van der Waals surface area contributed by atoms with Crippen LogP contribution >= 0.6 is 0 Å². The first-order valence-electron chi connectivity index (χ1n) is 11.1. The molecule has 3 heterocycles. The fourth-order valence-electron chi connectivity index (χ4n) is 4.10. The molecule has 1 atom stereocenters. The quantitative estimate of drug-likeness (QED) is 0.556. The van der Waals surface area contributed by atoms with E-state index in [-0.39, 0.29) is 11.9 Å². The van der Waals surface area contributed by atoms with Crippen LogP contribution in [0.3, 0.4) is 0 Å². The van der Waals surface area contributed by atoms with Crippen molar-refractivity contribution in [3.05, 3.63) is 36.4 Å². The van der Waals surface area contributed by atoms with Gasteiger partial charge in [-0.2, -0.15) is 0 Å². The third-order valence-electron chi connectivity index (χ3n) is 5.94. The largest absolute Gasteiger partial charge is 0.492 e. The number of ether oxygens (including phenoxy) is 2. The predicted molar refractivity (Wildman–Crippen MR) is 119 cm³/mol. The number of methoxy groups -OCH3 is 1. The van der Waals surface area contributed by atoms with E-state index in [4.69, 9.17) is 9.47 Å². The van der Waals surface area contributed by atoms with Crippen molar-refractivity contribution < 1.29 is 14.3 Å². The van der Waals surface area contributed by atoms with Gasteiger partial charge in [0.1, 0.15) is 6.04 Å². The topological polar surface area (TPSA) is 81.0 Å². The molecule has 0 radical (unpaired) electrons. The molecule has 8 heteroatoms. The van der Waals surface area contributed by atoms with Gasteiger partial charge in [0, 0.05) is 24.5 Å². The van der Waals surface area contributed by atoms with Crippen molar-refractivity contribution in [3.8, 4) is 11.5 Å². The number of benzene rings is 1. The lowest BCUT2D eigenvalue weighted by Crippen LogP contribution is -2.35. The number of aryl methyl sites for hydroxylation is 1. The molecule has 1 aromatic carbocycles. The van der Waals surface area contributed by atoms with Crippen LogP contribution in [-0.4, -0.2) is 46.1 Å². The summed E-state index contributed by atoms with van der Waals surface area (Å²) in [5.74, 6) is 2.05. The maximum absolute atomic E-state index is 12.0. The van der Waals surface area contributed by atoms with E-state index < -0.39 is 0 Å². The van der Waals surface area contributed by atoms with Crippen LogP contribution in [0.4, 0.5) is 5.69 Å². The van der Waals surface area contributed by atoms with Crippen LogP contribution in [0.2, 0.25) is 0 Å². The van der Waals surface area contributed by atoms with Gasteiger partial charge in [0.25, 0.3) is 0 Å². The lowest BCUT2D eigenvalue weighted by atomic mass is 10.1. The monoisotopic (exact) mass is 425 g/mol. The molecule has 4 rings (SSSR count). The van der Waals surface area contributed by atoms with Gasteiger partial charge in [-0.15, -0.1) is 0 Å². The number of carbonyl (C=O) groups excluding carboxylic acids is 1. The van der Waals surface area contributed by atoms with Crippen molar-refractivity contribution >= 4 is 17.6 Å². The SMILES string of the molecule is COc1c(OCCCCCCCCn2ccnc2)ccc2c1CN1C(=N2)NC(=O)C1C. The minimum atomic E-state index is -0.235. The lowest BCUT2D eigenvalue weighted by Gasteiger charge is -2.28. The van der Waals surface area contributed by atoms with E-state index in [1.807, 2.05) is 42.7 Å². The zero-order chi connectivity index (χ0) is 21.6. The van der Waals surface area contributed by atoms with Crippen molar-refractivity contribution in [1.29, 1.82) is 0 Å². The molecular formula is C23H31N5O3. The Morgan fingerprint density at radius 1 is 1.16 bits per heavy atom. The molecular weight excluding hydrogens is 394 g/mol. The Morgan fingerprint density at radius 3 is 2.74 bits per heavy atom. The summed E-state index contributed by atoms with van der Waals surface area (Å²) in [5.41, 5.74) is 1.78. The summed E-state index contributed by atoms with van der Waals surface area (Å²) >= 11 is 0. The van der Waals surface area contributed by atoms with Crippen LogP contribution in [0.5, 0.6) is 11.5 Å². The molecule has 31 heavy (non-hydrogen) atoms. The molecule has 2 aliphatic rings. The Morgan fingerprint density at radius 2 is 1.97 bits per heavy atom. The van der Waals surface area contributed by atoms with Crippen LogP contribution in [0.25, 0.3) is 0 Å². The Labute approximate surface area is 183 Å². The van der Waals surface area contributed by atoms with Gasteiger partial charge in [0.05, 0.1) is 32.3 Å². The van der Waals surface area contributed by atoms with Crippen molar-refractivity contribution in [3.63, 3.8) is 0 Å². The highest BCUT2D eigenvalue weighted by molar-refractivity contribution is 6.07. The highest BCUT2D eigenvalue weighted by Gasteiger charge is 2.37. The molecule has 2 aliphatic heterocycles. The smallest absolute Gasteiger partial charge is 0.249 e. The minimum absolute atomic E-state index is 0.0243. The maximum Gasteiger partial charge on any atom is 0.249 e. The maximum atomic E-state index is 12.0. The number of aliphatic imine (C=N–C) groups is 1. The Hall–Kier alpha value is -3.03. The first-order valence-corrected chi connectivity index (χ1v) is 11.1. The van der Waals surface area contributed by atoms with Gasteiger partial charge in [-0.25, -0.2) is 9.98 Å². The van der Waals surface area contributed by atoms with Crippen LogP contribution in [0.1, 0.15) is 51.0 Å². The van der Waals surface area contributed by atoms with E-state index in [0.29, 0.717) is 24.9 Å². The fourth-order valence-corrected chi connectivity index (χ4v) is 4.10. The summed E-state index contributed by atoms with van der Waals surface area (Å²) in [5, 5.41) is 2.83. The van der Waals surface area contributed by atoms with Gasteiger partial charge in [0.2, 0.25) is 11.9 Å². The normalized spacial score (nSPS) is 17.1. The summed E-state index contributed by atoms with van der Waals surface area (Å²) in [6.07, 6.45) is 12.8. The van der Waals surface area contributed by atoms with Gasteiger partial charge in [-0.1, -0.05) is 25.7 Å². The number of guanidine groups is 1. The number of fused-ring (bicyclic) bond motifs is 2. The molecule has 8 nitrogen and oxygen atoms in total. The van der Waals surface area contributed by atoms with Crippen molar-refractivity contribution in [2.75, 3.05) is 13.7 Å². The summed E-state index contributed by atoms with van der Waals surface area (Å²) in [6, 6.07) is 3.61. The van der Waals surface area contributed by atoms with E-state index in [1.54, 1.807) is 7.11 Å². The van der Waals surface area contributed by atoms with Crippen LogP contribution in [-0.2, 0) is 17.9 Å². The first kappa shape index (κ1) is 21.2. The van der Waals surface area contributed by atoms with Gasteiger partial charge in [-0.3, -0.25) is 10.1 Å². The minimum Gasteiger partial charge on any atom is -0.492 e. The van der Waals surface area contributed by atoms with Crippen LogP contribution in [0, 0.1) is 0 Å². The summed E-state index contributed by atoms with van der Waals surface area (Å²) in [7, 11) is 1.66. The van der Waals surface area contributed by atoms with E-state index >= 15 is 0 Å². The van der Waals surface area contributed by atoms with E-state index in [2.05, 4.69) is 19.9 Å². The average Bonchev–Trinajstić information content (AvgIpc) is 3.39. The number of aromatic nitrogens is 2. The zero-order valence-electron chi connectivity index (χ0n) is 18.3. The summed E-state index contributed by atoms with van der Waals surface area (Å²) in [4.78, 5) is 22.6. The summed E-state index contributed by atoms with van der Waals surface area (Å²) in [6.45, 7) is 4.17. The Balaban J connectivity index is 1.22. The first-order chi connectivity index (χ1) is 15.2.